The van der Waals surface area contributed by atoms with Crippen LogP contribution in [0.3, 0.4) is 0 Å². The predicted molar refractivity (Wildman–Crippen MR) is 62.1 cm³/mol. The quantitative estimate of drug-likeness (QED) is 0.586. The maximum absolute atomic E-state index is 5.35. The highest BCUT2D eigenvalue weighted by Crippen LogP contribution is 2.32. The van der Waals surface area contributed by atoms with Crippen LogP contribution in [0.2, 0.25) is 0 Å². The monoisotopic (exact) mass is 224 g/mol. The summed E-state index contributed by atoms with van der Waals surface area (Å²) in [5.41, 5.74) is 2.91. The molecule has 1 aliphatic heterocycles. The lowest BCUT2D eigenvalue weighted by Gasteiger charge is -1.97. The van der Waals surface area contributed by atoms with Gasteiger partial charge in [0.15, 0.2) is 5.76 Å². The van der Waals surface area contributed by atoms with E-state index >= 15 is 0 Å². The Morgan fingerprint density at radius 2 is 2.29 bits per heavy atom. The van der Waals surface area contributed by atoms with E-state index < -0.39 is 0 Å². The van der Waals surface area contributed by atoms with Crippen LogP contribution < -0.4 is 0 Å². The number of allylic oxidation sites excluding steroid dienone is 1. The van der Waals surface area contributed by atoms with E-state index in [1.54, 1.807) is 18.6 Å². The van der Waals surface area contributed by atoms with Crippen LogP contribution in [0.5, 0.6) is 0 Å². The predicted octanol–water partition coefficient (Wildman–Crippen LogP) is 2.11. The number of rotatable bonds is 0. The first kappa shape index (κ1) is 8.69. The Balaban J connectivity index is 2.18. The molecule has 0 spiro atoms. The molecule has 4 heterocycles. The third-order valence-corrected chi connectivity index (χ3v) is 2.94. The van der Waals surface area contributed by atoms with E-state index in [4.69, 9.17) is 4.52 Å². The molecule has 0 aliphatic carbocycles. The second-order valence-corrected chi connectivity index (χ2v) is 3.96. The van der Waals surface area contributed by atoms with Gasteiger partial charge in [-0.2, -0.15) is 5.10 Å². The molecule has 3 aromatic rings. The number of hydrogen-bond donors (Lipinski definition) is 0. The average Bonchev–Trinajstić information content (AvgIpc) is 2.90. The Morgan fingerprint density at radius 1 is 1.29 bits per heavy atom. The molecule has 82 valence electrons. The summed E-state index contributed by atoms with van der Waals surface area (Å²) in [6, 6.07) is 1.89. The molecule has 0 bridgehead atoms. The molecule has 5 nitrogen and oxygen atoms in total. The zero-order chi connectivity index (χ0) is 11.2. The van der Waals surface area contributed by atoms with Gasteiger partial charge in [0.05, 0.1) is 17.1 Å². The van der Waals surface area contributed by atoms with Crippen LogP contribution in [0.25, 0.3) is 28.6 Å². The summed E-state index contributed by atoms with van der Waals surface area (Å²) in [5.74, 6) is 0.783. The van der Waals surface area contributed by atoms with E-state index in [9.17, 15) is 0 Å². The van der Waals surface area contributed by atoms with Crippen molar-refractivity contribution >= 4 is 17.1 Å². The van der Waals surface area contributed by atoms with Gasteiger partial charge in [0.1, 0.15) is 5.69 Å². The van der Waals surface area contributed by atoms with E-state index in [1.165, 1.54) is 0 Å². The summed E-state index contributed by atoms with van der Waals surface area (Å²) >= 11 is 0. The van der Waals surface area contributed by atoms with Crippen molar-refractivity contribution in [3.63, 3.8) is 0 Å². The second kappa shape index (κ2) is 3.04. The highest BCUT2D eigenvalue weighted by molar-refractivity contribution is 5.93. The van der Waals surface area contributed by atoms with Crippen LogP contribution in [0.1, 0.15) is 5.56 Å². The van der Waals surface area contributed by atoms with E-state index in [0.29, 0.717) is 0 Å². The Hall–Kier alpha value is -2.43. The second-order valence-electron chi connectivity index (χ2n) is 3.96. The Labute approximate surface area is 96.4 Å². The van der Waals surface area contributed by atoms with Crippen molar-refractivity contribution < 1.29 is 4.52 Å². The Bertz CT molecular complexity index is 738. The summed E-state index contributed by atoms with van der Waals surface area (Å²) in [6.07, 6.45) is 10.1. The molecule has 5 heteroatoms. The zero-order valence-electron chi connectivity index (χ0n) is 8.87. The van der Waals surface area contributed by atoms with Crippen LogP contribution in [-0.2, 0) is 6.42 Å². The van der Waals surface area contributed by atoms with Gasteiger partial charge in [0, 0.05) is 24.2 Å². The first-order valence-electron chi connectivity index (χ1n) is 5.36. The first-order chi connectivity index (χ1) is 8.43. The summed E-state index contributed by atoms with van der Waals surface area (Å²) < 4.78 is 7.17. The highest BCUT2D eigenvalue weighted by Gasteiger charge is 2.20. The fourth-order valence-corrected chi connectivity index (χ4v) is 2.16. The summed E-state index contributed by atoms with van der Waals surface area (Å²) in [4.78, 5) is 4.14. The largest absolute Gasteiger partial charge is 0.354 e. The van der Waals surface area contributed by atoms with Crippen molar-refractivity contribution in [2.24, 2.45) is 0 Å². The third-order valence-electron chi connectivity index (χ3n) is 2.94. The molecule has 0 saturated heterocycles. The van der Waals surface area contributed by atoms with Gasteiger partial charge in [-0.3, -0.25) is 4.98 Å². The molecule has 17 heavy (non-hydrogen) atoms. The zero-order valence-corrected chi connectivity index (χ0v) is 8.87. The molecular weight excluding hydrogens is 216 g/mol. The molecule has 0 saturated carbocycles. The Morgan fingerprint density at radius 3 is 3.29 bits per heavy atom. The minimum Gasteiger partial charge on any atom is -0.354 e. The molecule has 1 aliphatic rings. The van der Waals surface area contributed by atoms with Gasteiger partial charge in [-0.15, -0.1) is 0 Å². The van der Waals surface area contributed by atoms with Crippen LogP contribution in [0.15, 0.2) is 35.3 Å². The van der Waals surface area contributed by atoms with Crippen LogP contribution in [0.4, 0.5) is 0 Å². The van der Waals surface area contributed by atoms with E-state index in [1.807, 2.05) is 23.0 Å². The molecule has 0 fully saturated rings. The van der Waals surface area contributed by atoms with Gasteiger partial charge in [0.25, 0.3) is 0 Å². The number of aromatic nitrogens is 4. The van der Waals surface area contributed by atoms with Gasteiger partial charge >= 0.3 is 0 Å². The van der Waals surface area contributed by atoms with E-state index in [0.717, 1.165) is 34.3 Å². The topological polar surface area (TPSA) is 56.7 Å². The van der Waals surface area contributed by atoms with Crippen molar-refractivity contribution in [2.75, 3.05) is 0 Å². The lowest BCUT2D eigenvalue weighted by Crippen LogP contribution is -1.90. The smallest absolute Gasteiger partial charge is 0.189 e. The van der Waals surface area contributed by atoms with Gasteiger partial charge < -0.3 is 4.52 Å². The van der Waals surface area contributed by atoms with Crippen molar-refractivity contribution in [1.29, 1.82) is 0 Å². The van der Waals surface area contributed by atoms with Gasteiger partial charge in [-0.05, 0) is 12.5 Å². The lowest BCUT2D eigenvalue weighted by molar-refractivity contribution is 0.430. The Kier molecular flexibility index (Phi) is 1.55. The average molecular weight is 224 g/mol. The lowest BCUT2D eigenvalue weighted by atomic mass is 10.1. The van der Waals surface area contributed by atoms with Crippen molar-refractivity contribution in [2.45, 2.75) is 6.42 Å². The first-order valence-corrected chi connectivity index (χ1v) is 5.36. The maximum Gasteiger partial charge on any atom is 0.189 e. The number of fused-ring (bicyclic) bond motifs is 5. The summed E-state index contributed by atoms with van der Waals surface area (Å²) in [7, 11) is 0. The van der Waals surface area contributed by atoms with Crippen molar-refractivity contribution in [3.8, 4) is 11.5 Å². The summed E-state index contributed by atoms with van der Waals surface area (Å²) in [6.45, 7) is 0. The van der Waals surface area contributed by atoms with Crippen LogP contribution in [-0.4, -0.2) is 19.9 Å². The standard InChI is InChI=1S/C12H8N4O/c1-2-8-6-14-17-12(8)11-9-7-13-4-3-10(9)15-16(11)5-1/h1,3-7H,2H2. The molecule has 0 radical (unpaired) electrons. The molecule has 0 atom stereocenters. The van der Waals surface area contributed by atoms with E-state index in [-0.39, 0.29) is 0 Å². The molecule has 3 aromatic heterocycles. The molecule has 0 N–H and O–H groups in total. The third kappa shape index (κ3) is 1.10. The fourth-order valence-electron chi connectivity index (χ4n) is 2.16. The van der Waals surface area contributed by atoms with Crippen LogP contribution >= 0.6 is 0 Å². The molecule has 4 rings (SSSR count). The van der Waals surface area contributed by atoms with Gasteiger partial charge in [-0.25, -0.2) is 4.68 Å². The molecular formula is C12H8N4O. The SMILES string of the molecule is C1=Cn2nc3ccncc3c2-c2oncc2C1. The van der Waals surface area contributed by atoms with E-state index in [2.05, 4.69) is 15.2 Å². The van der Waals surface area contributed by atoms with Crippen molar-refractivity contribution in [1.82, 2.24) is 19.9 Å². The minimum atomic E-state index is 0.783. The highest BCUT2D eigenvalue weighted by atomic mass is 16.5. The minimum absolute atomic E-state index is 0.783. The fraction of sp³-hybridized carbons (Fsp3) is 0.0833. The van der Waals surface area contributed by atoms with Crippen LogP contribution in [0, 0.1) is 0 Å². The molecule has 0 aromatic carbocycles. The maximum atomic E-state index is 5.35. The normalized spacial score (nSPS) is 13.4. The van der Waals surface area contributed by atoms with Crippen molar-refractivity contribution in [3.05, 3.63) is 36.3 Å². The molecule has 0 amide bonds. The number of nitrogens with zero attached hydrogens (tertiary/aromatic N) is 4. The number of hydrogen-bond acceptors (Lipinski definition) is 4. The molecule has 0 unspecified atom stereocenters. The number of pyridine rings is 1. The van der Waals surface area contributed by atoms with Gasteiger partial charge in [0.2, 0.25) is 0 Å². The summed E-state index contributed by atoms with van der Waals surface area (Å²) in [5, 5.41) is 9.34. The van der Waals surface area contributed by atoms with Gasteiger partial charge in [-0.1, -0.05) is 11.2 Å².